The third kappa shape index (κ3) is 5.87. The van der Waals surface area contributed by atoms with Crippen molar-refractivity contribution in [3.63, 3.8) is 0 Å². The molecule has 2 heteroatoms. The Kier molecular flexibility index (Phi) is 8.14. The Hall–Kier alpha value is -2.35. The van der Waals surface area contributed by atoms with Gasteiger partial charge < -0.3 is 4.74 Å². The highest BCUT2D eigenvalue weighted by molar-refractivity contribution is 6.10. The predicted octanol–water partition coefficient (Wildman–Crippen LogP) is 6.21. The van der Waals surface area contributed by atoms with Gasteiger partial charge in [0.25, 0.3) is 0 Å². The number of allylic oxidation sites excluding steroid dienone is 1. The second-order valence-corrected chi connectivity index (χ2v) is 6.81. The SMILES string of the molecule is C=CC1=NCCc2cc(OCCCC)ccc21.CC(C)c1ccccc1. The van der Waals surface area contributed by atoms with Crippen molar-refractivity contribution in [2.24, 2.45) is 4.99 Å². The van der Waals surface area contributed by atoms with Crippen LogP contribution in [0.25, 0.3) is 0 Å². The van der Waals surface area contributed by atoms with Gasteiger partial charge in [-0.25, -0.2) is 0 Å². The topological polar surface area (TPSA) is 21.6 Å². The first-order valence-electron chi connectivity index (χ1n) is 9.63. The van der Waals surface area contributed by atoms with Gasteiger partial charge in [-0.05, 0) is 54.2 Å². The van der Waals surface area contributed by atoms with Crippen LogP contribution in [-0.2, 0) is 6.42 Å². The number of benzene rings is 2. The summed E-state index contributed by atoms with van der Waals surface area (Å²) in [5.41, 5.74) is 4.95. The summed E-state index contributed by atoms with van der Waals surface area (Å²) >= 11 is 0. The summed E-state index contributed by atoms with van der Waals surface area (Å²) in [4.78, 5) is 4.45. The van der Waals surface area contributed by atoms with Gasteiger partial charge >= 0.3 is 0 Å². The highest BCUT2D eigenvalue weighted by atomic mass is 16.5. The van der Waals surface area contributed by atoms with Crippen molar-refractivity contribution < 1.29 is 4.74 Å². The molecule has 0 spiro atoms. The van der Waals surface area contributed by atoms with Gasteiger partial charge in [0, 0.05) is 12.1 Å². The normalized spacial score (nSPS) is 12.5. The molecular formula is C24H31NO. The van der Waals surface area contributed by atoms with Crippen LogP contribution in [0.4, 0.5) is 0 Å². The first-order valence-corrected chi connectivity index (χ1v) is 9.63. The molecule has 0 fully saturated rings. The molecule has 0 bridgehead atoms. The van der Waals surface area contributed by atoms with E-state index in [1.807, 2.05) is 18.2 Å². The van der Waals surface area contributed by atoms with Gasteiger partial charge in [-0.1, -0.05) is 64.1 Å². The fourth-order valence-corrected chi connectivity index (χ4v) is 2.85. The quantitative estimate of drug-likeness (QED) is 0.568. The van der Waals surface area contributed by atoms with Gasteiger partial charge in [-0.3, -0.25) is 4.99 Å². The van der Waals surface area contributed by atoms with E-state index in [1.54, 1.807) is 0 Å². The van der Waals surface area contributed by atoms with E-state index >= 15 is 0 Å². The molecule has 2 aromatic carbocycles. The molecule has 0 aliphatic carbocycles. The largest absolute Gasteiger partial charge is 0.494 e. The van der Waals surface area contributed by atoms with Crippen LogP contribution >= 0.6 is 0 Å². The zero-order valence-electron chi connectivity index (χ0n) is 16.4. The lowest BCUT2D eigenvalue weighted by atomic mass is 9.97. The number of ether oxygens (including phenoxy) is 1. The molecule has 0 saturated heterocycles. The molecule has 0 unspecified atom stereocenters. The van der Waals surface area contributed by atoms with Crippen molar-refractivity contribution >= 4 is 5.71 Å². The lowest BCUT2D eigenvalue weighted by Gasteiger charge is -2.16. The highest BCUT2D eigenvalue weighted by Gasteiger charge is 2.12. The van der Waals surface area contributed by atoms with E-state index in [9.17, 15) is 0 Å². The van der Waals surface area contributed by atoms with Gasteiger partial charge in [0.1, 0.15) is 5.75 Å². The Labute approximate surface area is 158 Å². The Morgan fingerprint density at radius 2 is 1.92 bits per heavy atom. The lowest BCUT2D eigenvalue weighted by molar-refractivity contribution is 0.309. The maximum Gasteiger partial charge on any atom is 0.119 e. The van der Waals surface area contributed by atoms with Crippen molar-refractivity contribution in [3.8, 4) is 5.75 Å². The number of aliphatic imine (C=N–C) groups is 1. The minimum atomic E-state index is 0.659. The number of fused-ring (bicyclic) bond motifs is 1. The monoisotopic (exact) mass is 349 g/mol. The molecule has 0 saturated carbocycles. The molecule has 3 rings (SSSR count). The lowest BCUT2D eigenvalue weighted by Crippen LogP contribution is -2.11. The number of hydrogen-bond donors (Lipinski definition) is 0. The van der Waals surface area contributed by atoms with Crippen molar-refractivity contribution in [1.82, 2.24) is 0 Å². The van der Waals surface area contributed by atoms with Crippen LogP contribution in [0.3, 0.4) is 0 Å². The van der Waals surface area contributed by atoms with Gasteiger partial charge in [0.2, 0.25) is 0 Å². The van der Waals surface area contributed by atoms with Gasteiger partial charge in [-0.15, -0.1) is 0 Å². The fraction of sp³-hybridized carbons (Fsp3) is 0.375. The summed E-state index contributed by atoms with van der Waals surface area (Å²) in [6, 6.07) is 16.8. The third-order valence-electron chi connectivity index (χ3n) is 4.44. The third-order valence-corrected chi connectivity index (χ3v) is 4.44. The van der Waals surface area contributed by atoms with Crippen molar-refractivity contribution in [3.05, 3.63) is 77.9 Å². The molecule has 1 heterocycles. The Morgan fingerprint density at radius 1 is 1.15 bits per heavy atom. The smallest absolute Gasteiger partial charge is 0.119 e. The maximum atomic E-state index is 5.72. The standard InChI is InChI=1S/C15H19NO.C9H12/c1-3-5-10-17-13-6-7-14-12(11-13)8-9-16-15(14)4-2;1-8(2)9-6-4-3-5-7-9/h4,6-7,11H,2-3,5,8-10H2,1H3;3-8H,1-2H3. The molecule has 1 aliphatic heterocycles. The Morgan fingerprint density at radius 3 is 2.54 bits per heavy atom. The molecule has 2 nitrogen and oxygen atoms in total. The van der Waals surface area contributed by atoms with E-state index in [1.165, 1.54) is 16.7 Å². The zero-order chi connectivity index (χ0) is 18.8. The number of unbranched alkanes of at least 4 members (excludes halogenated alkanes) is 1. The predicted molar refractivity (Wildman–Crippen MR) is 113 cm³/mol. The summed E-state index contributed by atoms with van der Waals surface area (Å²) in [5.74, 6) is 1.63. The fourth-order valence-electron chi connectivity index (χ4n) is 2.85. The molecule has 1 aliphatic rings. The van der Waals surface area contributed by atoms with Crippen LogP contribution in [0.15, 0.2) is 66.2 Å². The molecule has 2 aromatic rings. The Bertz CT molecular complexity index is 716. The molecular weight excluding hydrogens is 318 g/mol. The summed E-state index contributed by atoms with van der Waals surface area (Å²) in [7, 11) is 0. The Balaban J connectivity index is 0.000000228. The second-order valence-electron chi connectivity index (χ2n) is 6.81. The average molecular weight is 350 g/mol. The van der Waals surface area contributed by atoms with E-state index in [2.05, 4.69) is 68.7 Å². The van der Waals surface area contributed by atoms with E-state index in [4.69, 9.17) is 4.74 Å². The average Bonchev–Trinajstić information content (AvgIpc) is 2.68. The highest BCUT2D eigenvalue weighted by Crippen LogP contribution is 2.22. The van der Waals surface area contributed by atoms with Gasteiger partial charge in [0.05, 0.1) is 12.3 Å². The van der Waals surface area contributed by atoms with Crippen LogP contribution in [-0.4, -0.2) is 18.9 Å². The van der Waals surface area contributed by atoms with Crippen LogP contribution in [0.1, 0.15) is 56.2 Å². The molecule has 0 radical (unpaired) electrons. The summed E-state index contributed by atoms with van der Waals surface area (Å²) in [5, 5.41) is 0. The second kappa shape index (κ2) is 10.6. The number of nitrogens with zero attached hydrogens (tertiary/aromatic N) is 1. The summed E-state index contributed by atoms with van der Waals surface area (Å²) < 4.78 is 5.72. The van der Waals surface area contributed by atoms with Crippen LogP contribution < -0.4 is 4.74 Å². The van der Waals surface area contributed by atoms with Crippen LogP contribution in [0.2, 0.25) is 0 Å². The molecule has 0 amide bonds. The summed E-state index contributed by atoms with van der Waals surface area (Å²) in [6.45, 7) is 12.0. The number of rotatable bonds is 6. The first-order chi connectivity index (χ1) is 12.7. The molecule has 0 N–H and O–H groups in total. The van der Waals surface area contributed by atoms with Crippen LogP contribution in [0.5, 0.6) is 5.75 Å². The molecule has 0 atom stereocenters. The first kappa shape index (κ1) is 20.0. The minimum Gasteiger partial charge on any atom is -0.494 e. The van der Waals surface area contributed by atoms with E-state index in [0.29, 0.717) is 5.92 Å². The van der Waals surface area contributed by atoms with Crippen molar-refractivity contribution in [1.29, 1.82) is 0 Å². The van der Waals surface area contributed by atoms with Gasteiger partial charge in [0.15, 0.2) is 0 Å². The minimum absolute atomic E-state index is 0.659. The maximum absolute atomic E-state index is 5.72. The summed E-state index contributed by atoms with van der Waals surface area (Å²) in [6.07, 6.45) is 5.10. The van der Waals surface area contributed by atoms with Crippen molar-refractivity contribution in [2.75, 3.05) is 13.2 Å². The van der Waals surface area contributed by atoms with Crippen LogP contribution in [0, 0.1) is 0 Å². The molecule has 26 heavy (non-hydrogen) atoms. The number of hydrogen-bond acceptors (Lipinski definition) is 2. The molecule has 0 aromatic heterocycles. The van der Waals surface area contributed by atoms with E-state index in [0.717, 1.165) is 43.9 Å². The van der Waals surface area contributed by atoms with Gasteiger partial charge in [-0.2, -0.15) is 0 Å². The molecule has 138 valence electrons. The zero-order valence-corrected chi connectivity index (χ0v) is 16.4. The van der Waals surface area contributed by atoms with E-state index in [-0.39, 0.29) is 0 Å². The van der Waals surface area contributed by atoms with Crippen molar-refractivity contribution in [2.45, 2.75) is 46.0 Å². The van der Waals surface area contributed by atoms with E-state index < -0.39 is 0 Å².